The fourth-order valence-corrected chi connectivity index (χ4v) is 2.41. The summed E-state index contributed by atoms with van der Waals surface area (Å²) in [6, 6.07) is 0. The molecule has 0 aromatic rings. The Hall–Kier alpha value is 0.0500. The van der Waals surface area contributed by atoms with E-state index in [1.54, 1.807) is 0 Å². The van der Waals surface area contributed by atoms with Gasteiger partial charge in [-0.25, -0.2) is 0 Å². The summed E-state index contributed by atoms with van der Waals surface area (Å²) < 4.78 is 0. The topological polar surface area (TPSA) is 3.24 Å². The van der Waals surface area contributed by atoms with Crippen molar-refractivity contribution >= 4 is 12.6 Å². The Bertz CT molecular complexity index is 173. The molecule has 1 nitrogen and oxygen atoms in total. The van der Waals surface area contributed by atoms with Gasteiger partial charge in [0.05, 0.1) is 0 Å². The minimum atomic E-state index is 0.814. The standard InChI is InChI=1S/C12H23NS/c1-11(10-14)8-13(2)9-12-6-4-3-5-7-12/h12,14H,1,3-10H2,2H3. The van der Waals surface area contributed by atoms with Crippen LogP contribution in [-0.2, 0) is 0 Å². The van der Waals surface area contributed by atoms with Gasteiger partial charge in [0.1, 0.15) is 0 Å². The van der Waals surface area contributed by atoms with E-state index in [9.17, 15) is 0 Å². The summed E-state index contributed by atoms with van der Waals surface area (Å²) in [6.07, 6.45) is 7.18. The Morgan fingerprint density at radius 2 is 2.00 bits per heavy atom. The summed E-state index contributed by atoms with van der Waals surface area (Å²) in [5, 5.41) is 0. The predicted molar refractivity (Wildman–Crippen MR) is 67.1 cm³/mol. The maximum absolute atomic E-state index is 4.23. The van der Waals surface area contributed by atoms with Gasteiger partial charge in [-0.2, -0.15) is 12.6 Å². The molecule has 1 aliphatic rings. The molecule has 1 fully saturated rings. The van der Waals surface area contributed by atoms with Crippen LogP contribution in [0.25, 0.3) is 0 Å². The van der Waals surface area contributed by atoms with Crippen LogP contribution >= 0.6 is 12.6 Å². The fraction of sp³-hybridized carbons (Fsp3) is 0.833. The number of nitrogens with zero attached hydrogens (tertiary/aromatic N) is 1. The zero-order valence-corrected chi connectivity index (χ0v) is 10.2. The van der Waals surface area contributed by atoms with Gasteiger partial charge in [0.2, 0.25) is 0 Å². The molecule has 0 heterocycles. The van der Waals surface area contributed by atoms with Gasteiger partial charge in [0.25, 0.3) is 0 Å². The minimum Gasteiger partial charge on any atom is -0.302 e. The van der Waals surface area contributed by atoms with Crippen molar-refractivity contribution in [3.05, 3.63) is 12.2 Å². The van der Waals surface area contributed by atoms with E-state index >= 15 is 0 Å². The monoisotopic (exact) mass is 213 g/mol. The highest BCUT2D eigenvalue weighted by Gasteiger charge is 2.15. The number of thiol groups is 1. The van der Waals surface area contributed by atoms with Crippen molar-refractivity contribution in [2.24, 2.45) is 5.92 Å². The molecular weight excluding hydrogens is 190 g/mol. The van der Waals surface area contributed by atoms with Gasteiger partial charge in [0.15, 0.2) is 0 Å². The lowest BCUT2D eigenvalue weighted by Crippen LogP contribution is -2.28. The van der Waals surface area contributed by atoms with Crippen molar-refractivity contribution in [3.8, 4) is 0 Å². The van der Waals surface area contributed by atoms with Crippen molar-refractivity contribution in [1.29, 1.82) is 0 Å². The van der Waals surface area contributed by atoms with E-state index < -0.39 is 0 Å². The van der Waals surface area contributed by atoms with Crippen LogP contribution in [0.5, 0.6) is 0 Å². The lowest BCUT2D eigenvalue weighted by Gasteiger charge is -2.27. The molecule has 0 N–H and O–H groups in total. The Balaban J connectivity index is 2.18. The van der Waals surface area contributed by atoms with Crippen LogP contribution in [0.4, 0.5) is 0 Å². The van der Waals surface area contributed by atoms with Crippen LogP contribution in [-0.4, -0.2) is 30.8 Å². The van der Waals surface area contributed by atoms with Gasteiger partial charge in [0, 0.05) is 18.8 Å². The second-order valence-electron chi connectivity index (χ2n) is 4.61. The second kappa shape index (κ2) is 6.52. The summed E-state index contributed by atoms with van der Waals surface area (Å²) in [5.41, 5.74) is 1.23. The van der Waals surface area contributed by atoms with E-state index in [1.165, 1.54) is 44.2 Å². The summed E-state index contributed by atoms with van der Waals surface area (Å²) in [4.78, 5) is 2.40. The largest absolute Gasteiger partial charge is 0.302 e. The lowest BCUT2D eigenvalue weighted by atomic mass is 9.89. The van der Waals surface area contributed by atoms with Crippen molar-refractivity contribution in [2.75, 3.05) is 25.9 Å². The molecule has 0 aliphatic heterocycles. The summed E-state index contributed by atoms with van der Waals surface area (Å²) in [5.74, 6) is 1.75. The Kier molecular flexibility index (Phi) is 5.64. The molecule has 82 valence electrons. The Labute approximate surface area is 94.0 Å². The van der Waals surface area contributed by atoms with Crippen molar-refractivity contribution in [3.63, 3.8) is 0 Å². The first-order valence-corrected chi connectivity index (χ1v) is 6.31. The highest BCUT2D eigenvalue weighted by molar-refractivity contribution is 7.80. The van der Waals surface area contributed by atoms with Gasteiger partial charge in [-0.3, -0.25) is 0 Å². The average Bonchev–Trinajstić information content (AvgIpc) is 2.19. The van der Waals surface area contributed by atoms with E-state index in [0.29, 0.717) is 0 Å². The molecule has 1 saturated carbocycles. The van der Waals surface area contributed by atoms with Gasteiger partial charge in [-0.15, -0.1) is 0 Å². The van der Waals surface area contributed by atoms with E-state index in [0.717, 1.165) is 18.2 Å². The molecule has 0 aromatic heterocycles. The zero-order chi connectivity index (χ0) is 10.4. The molecule has 1 rings (SSSR count). The molecule has 0 radical (unpaired) electrons. The van der Waals surface area contributed by atoms with Crippen molar-refractivity contribution in [1.82, 2.24) is 4.90 Å². The van der Waals surface area contributed by atoms with Crippen LogP contribution in [0.1, 0.15) is 32.1 Å². The van der Waals surface area contributed by atoms with Crippen LogP contribution in [0.2, 0.25) is 0 Å². The molecule has 0 atom stereocenters. The number of rotatable bonds is 5. The van der Waals surface area contributed by atoms with Crippen molar-refractivity contribution < 1.29 is 0 Å². The molecule has 0 amide bonds. The molecule has 1 aliphatic carbocycles. The quantitative estimate of drug-likeness (QED) is 0.543. The molecule has 0 spiro atoms. The van der Waals surface area contributed by atoms with Gasteiger partial charge in [-0.05, 0) is 25.8 Å². The predicted octanol–water partition coefficient (Wildman–Crippen LogP) is 2.98. The molecule has 0 aromatic carbocycles. The van der Waals surface area contributed by atoms with E-state index in [1.807, 2.05) is 0 Å². The van der Waals surface area contributed by atoms with E-state index in [-0.39, 0.29) is 0 Å². The highest BCUT2D eigenvalue weighted by Crippen LogP contribution is 2.24. The van der Waals surface area contributed by atoms with Crippen LogP contribution in [0.3, 0.4) is 0 Å². The summed E-state index contributed by atoms with van der Waals surface area (Å²) >= 11 is 4.23. The lowest BCUT2D eigenvalue weighted by molar-refractivity contribution is 0.246. The first-order chi connectivity index (χ1) is 6.72. The Morgan fingerprint density at radius 3 is 2.57 bits per heavy atom. The Morgan fingerprint density at radius 1 is 1.36 bits per heavy atom. The molecule has 0 unspecified atom stereocenters. The fourth-order valence-electron chi connectivity index (χ4n) is 2.31. The van der Waals surface area contributed by atoms with Crippen LogP contribution in [0.15, 0.2) is 12.2 Å². The zero-order valence-electron chi connectivity index (χ0n) is 9.34. The third kappa shape index (κ3) is 4.52. The third-order valence-electron chi connectivity index (χ3n) is 3.01. The average molecular weight is 213 g/mol. The van der Waals surface area contributed by atoms with Gasteiger partial charge in [-0.1, -0.05) is 31.4 Å². The number of hydrogen-bond acceptors (Lipinski definition) is 2. The molecule has 0 saturated heterocycles. The molecule has 14 heavy (non-hydrogen) atoms. The van der Waals surface area contributed by atoms with E-state index in [4.69, 9.17) is 0 Å². The normalized spacial score (nSPS) is 18.8. The van der Waals surface area contributed by atoms with Gasteiger partial charge >= 0.3 is 0 Å². The first kappa shape index (κ1) is 12.1. The summed E-state index contributed by atoms with van der Waals surface area (Å²) in [6.45, 7) is 6.24. The second-order valence-corrected chi connectivity index (χ2v) is 4.93. The van der Waals surface area contributed by atoms with E-state index in [2.05, 4.69) is 31.2 Å². The number of hydrogen-bond donors (Lipinski definition) is 1. The summed E-state index contributed by atoms with van der Waals surface area (Å²) in [7, 11) is 2.20. The highest BCUT2D eigenvalue weighted by atomic mass is 32.1. The first-order valence-electron chi connectivity index (χ1n) is 5.68. The third-order valence-corrected chi connectivity index (χ3v) is 3.46. The van der Waals surface area contributed by atoms with Crippen LogP contribution < -0.4 is 0 Å². The SMILES string of the molecule is C=C(CS)CN(C)CC1CCCCC1. The minimum absolute atomic E-state index is 0.814. The smallest absolute Gasteiger partial charge is 0.0195 e. The van der Waals surface area contributed by atoms with Crippen LogP contribution in [0, 0.1) is 5.92 Å². The number of likely N-dealkylation sites (N-methyl/N-ethyl adjacent to an activating group) is 1. The molecular formula is C12H23NS. The molecule has 2 heteroatoms. The maximum Gasteiger partial charge on any atom is 0.0195 e. The maximum atomic E-state index is 4.23. The molecule has 0 bridgehead atoms. The van der Waals surface area contributed by atoms with Gasteiger partial charge < -0.3 is 4.90 Å². The van der Waals surface area contributed by atoms with Crippen molar-refractivity contribution in [2.45, 2.75) is 32.1 Å².